The van der Waals surface area contributed by atoms with E-state index in [0.717, 1.165) is 11.8 Å². The summed E-state index contributed by atoms with van der Waals surface area (Å²) in [4.78, 5) is 0. The number of hydrogen-bond donors (Lipinski definition) is 1. The molecular formula is C19H29N. The topological polar surface area (TPSA) is 12.0 Å². The Morgan fingerprint density at radius 1 is 1.05 bits per heavy atom. The van der Waals surface area contributed by atoms with Gasteiger partial charge in [0.25, 0.3) is 0 Å². The maximum absolute atomic E-state index is 3.91. The molecule has 1 aromatic carbocycles. The number of benzene rings is 1. The molecule has 20 heavy (non-hydrogen) atoms. The predicted molar refractivity (Wildman–Crippen MR) is 85.9 cm³/mol. The van der Waals surface area contributed by atoms with E-state index in [4.69, 9.17) is 0 Å². The van der Waals surface area contributed by atoms with Crippen LogP contribution in [0.5, 0.6) is 0 Å². The summed E-state index contributed by atoms with van der Waals surface area (Å²) < 4.78 is 0. The van der Waals surface area contributed by atoms with Gasteiger partial charge in [-0.3, -0.25) is 0 Å². The minimum atomic E-state index is 0.603. The molecule has 1 aromatic rings. The second-order valence-electron chi connectivity index (χ2n) is 7.04. The van der Waals surface area contributed by atoms with Gasteiger partial charge in [0.05, 0.1) is 0 Å². The Morgan fingerprint density at radius 3 is 2.85 bits per heavy atom. The average Bonchev–Trinajstić information content (AvgIpc) is 2.67. The molecule has 2 aliphatic carbocycles. The lowest BCUT2D eigenvalue weighted by molar-refractivity contribution is 0.265. The second-order valence-corrected chi connectivity index (χ2v) is 7.04. The third-order valence-corrected chi connectivity index (χ3v) is 5.32. The lowest BCUT2D eigenvalue weighted by Gasteiger charge is -2.29. The molecular weight excluding hydrogens is 242 g/mol. The summed E-state index contributed by atoms with van der Waals surface area (Å²) in [7, 11) is 0. The largest absolute Gasteiger partial charge is 0.310 e. The summed E-state index contributed by atoms with van der Waals surface area (Å²) in [6, 6.07) is 9.69. The van der Waals surface area contributed by atoms with Gasteiger partial charge in [-0.25, -0.2) is 0 Å². The minimum absolute atomic E-state index is 0.603. The Labute approximate surface area is 124 Å². The van der Waals surface area contributed by atoms with E-state index >= 15 is 0 Å². The lowest BCUT2D eigenvalue weighted by atomic mass is 9.82. The van der Waals surface area contributed by atoms with Crippen molar-refractivity contribution in [3.63, 3.8) is 0 Å². The third-order valence-electron chi connectivity index (χ3n) is 5.32. The minimum Gasteiger partial charge on any atom is -0.310 e. The van der Waals surface area contributed by atoms with Crippen molar-refractivity contribution in [3.05, 3.63) is 35.4 Å². The van der Waals surface area contributed by atoms with Crippen LogP contribution in [0.25, 0.3) is 0 Å². The highest BCUT2D eigenvalue weighted by atomic mass is 14.9. The zero-order valence-electron chi connectivity index (χ0n) is 12.9. The van der Waals surface area contributed by atoms with Crippen LogP contribution in [0, 0.1) is 11.8 Å². The van der Waals surface area contributed by atoms with Crippen LogP contribution in [0.15, 0.2) is 24.3 Å². The molecule has 2 aliphatic rings. The maximum Gasteiger partial charge on any atom is 0.0323 e. The fourth-order valence-corrected chi connectivity index (χ4v) is 4.19. The Hall–Kier alpha value is -0.820. The summed E-state index contributed by atoms with van der Waals surface area (Å²) in [5.41, 5.74) is 3.16. The van der Waals surface area contributed by atoms with Gasteiger partial charge < -0.3 is 5.32 Å². The molecule has 0 saturated heterocycles. The number of aryl methyl sites for hydroxylation is 1. The first-order valence-electron chi connectivity index (χ1n) is 8.64. The fourth-order valence-electron chi connectivity index (χ4n) is 4.19. The van der Waals surface area contributed by atoms with Gasteiger partial charge in [-0.1, -0.05) is 50.5 Å². The van der Waals surface area contributed by atoms with Crippen LogP contribution >= 0.6 is 0 Å². The molecule has 0 bridgehead atoms. The highest BCUT2D eigenvalue weighted by molar-refractivity contribution is 5.31. The lowest BCUT2D eigenvalue weighted by Crippen LogP contribution is -2.30. The van der Waals surface area contributed by atoms with E-state index in [0.29, 0.717) is 6.04 Å². The van der Waals surface area contributed by atoms with E-state index in [1.165, 1.54) is 57.9 Å². The highest BCUT2D eigenvalue weighted by Crippen LogP contribution is 2.31. The molecule has 0 aromatic heterocycles. The summed E-state index contributed by atoms with van der Waals surface area (Å²) in [5.74, 6) is 1.85. The zero-order chi connectivity index (χ0) is 13.8. The van der Waals surface area contributed by atoms with Crippen molar-refractivity contribution in [2.45, 2.75) is 64.3 Å². The summed E-state index contributed by atoms with van der Waals surface area (Å²) in [6.45, 7) is 3.65. The smallest absolute Gasteiger partial charge is 0.0323 e. The molecule has 0 amide bonds. The molecule has 1 nitrogen and oxygen atoms in total. The van der Waals surface area contributed by atoms with Crippen LogP contribution in [0.4, 0.5) is 0 Å². The molecule has 3 atom stereocenters. The molecule has 1 fully saturated rings. The number of hydrogen-bond acceptors (Lipinski definition) is 1. The summed E-state index contributed by atoms with van der Waals surface area (Å²) in [6.07, 6.45) is 11.1. The van der Waals surface area contributed by atoms with Crippen LogP contribution < -0.4 is 5.32 Å². The predicted octanol–water partition coefficient (Wildman–Crippen LogP) is 4.87. The second kappa shape index (κ2) is 6.76. The number of nitrogens with one attached hydrogen (secondary N) is 1. The molecule has 0 radical (unpaired) electrons. The molecule has 110 valence electrons. The molecule has 1 heteroatoms. The van der Waals surface area contributed by atoms with Gasteiger partial charge in [-0.15, -0.1) is 0 Å². The first-order valence-corrected chi connectivity index (χ1v) is 8.64. The van der Waals surface area contributed by atoms with E-state index in [1.54, 1.807) is 11.1 Å². The van der Waals surface area contributed by atoms with Gasteiger partial charge >= 0.3 is 0 Å². The molecule has 3 unspecified atom stereocenters. The van der Waals surface area contributed by atoms with Crippen molar-refractivity contribution in [2.75, 3.05) is 6.54 Å². The van der Waals surface area contributed by atoms with Crippen molar-refractivity contribution in [3.8, 4) is 0 Å². The maximum atomic E-state index is 3.91. The average molecular weight is 271 g/mol. The van der Waals surface area contributed by atoms with Crippen molar-refractivity contribution in [1.29, 1.82) is 0 Å². The first-order chi connectivity index (χ1) is 9.83. The Kier molecular flexibility index (Phi) is 4.77. The van der Waals surface area contributed by atoms with E-state index in [9.17, 15) is 0 Å². The Morgan fingerprint density at radius 2 is 1.95 bits per heavy atom. The fraction of sp³-hybridized carbons (Fsp3) is 0.684. The van der Waals surface area contributed by atoms with Crippen LogP contribution in [-0.4, -0.2) is 6.54 Å². The van der Waals surface area contributed by atoms with Gasteiger partial charge in [0.2, 0.25) is 0 Å². The van der Waals surface area contributed by atoms with Crippen molar-refractivity contribution < 1.29 is 0 Å². The summed E-state index contributed by atoms with van der Waals surface area (Å²) >= 11 is 0. The number of rotatable bonds is 3. The SMILES string of the molecule is CC1CCCC(CNC2CCCCc3ccccc32)C1. The van der Waals surface area contributed by atoms with Gasteiger partial charge in [-0.2, -0.15) is 0 Å². The summed E-state index contributed by atoms with van der Waals surface area (Å²) in [5, 5.41) is 3.91. The van der Waals surface area contributed by atoms with E-state index in [2.05, 4.69) is 36.5 Å². The van der Waals surface area contributed by atoms with Crippen molar-refractivity contribution >= 4 is 0 Å². The van der Waals surface area contributed by atoms with Gasteiger partial charge in [-0.05, 0) is 61.6 Å². The number of fused-ring (bicyclic) bond motifs is 1. The molecule has 0 aliphatic heterocycles. The Balaban J connectivity index is 1.62. The van der Waals surface area contributed by atoms with Crippen LogP contribution in [0.3, 0.4) is 0 Å². The molecule has 3 rings (SSSR count). The highest BCUT2D eigenvalue weighted by Gasteiger charge is 2.22. The van der Waals surface area contributed by atoms with Gasteiger partial charge in [0, 0.05) is 6.04 Å². The van der Waals surface area contributed by atoms with E-state index in [1.807, 2.05) is 0 Å². The quantitative estimate of drug-likeness (QED) is 0.773. The third kappa shape index (κ3) is 3.44. The first kappa shape index (κ1) is 14.1. The van der Waals surface area contributed by atoms with E-state index < -0.39 is 0 Å². The van der Waals surface area contributed by atoms with Crippen molar-refractivity contribution in [2.24, 2.45) is 11.8 Å². The zero-order valence-corrected chi connectivity index (χ0v) is 12.9. The molecule has 1 N–H and O–H groups in total. The van der Waals surface area contributed by atoms with Crippen LogP contribution in [0.1, 0.15) is 69.0 Å². The van der Waals surface area contributed by atoms with Gasteiger partial charge in [0.1, 0.15) is 0 Å². The standard InChI is InChI=1S/C19H29N/c1-15-7-6-8-16(13-15)14-20-19-12-5-3-10-17-9-2-4-11-18(17)19/h2,4,9,11,15-16,19-20H,3,5-8,10,12-14H2,1H3. The molecule has 0 spiro atoms. The van der Waals surface area contributed by atoms with Crippen LogP contribution in [-0.2, 0) is 6.42 Å². The molecule has 0 heterocycles. The van der Waals surface area contributed by atoms with Gasteiger partial charge in [0.15, 0.2) is 0 Å². The van der Waals surface area contributed by atoms with E-state index in [-0.39, 0.29) is 0 Å². The normalized spacial score (nSPS) is 30.6. The Bertz CT molecular complexity index is 426. The van der Waals surface area contributed by atoms with Crippen molar-refractivity contribution in [1.82, 2.24) is 5.32 Å². The monoisotopic (exact) mass is 271 g/mol. The van der Waals surface area contributed by atoms with Crippen LogP contribution in [0.2, 0.25) is 0 Å². The molecule has 1 saturated carbocycles.